The Morgan fingerprint density at radius 1 is 1.20 bits per heavy atom. The van der Waals surface area contributed by atoms with Gasteiger partial charge in [-0.15, -0.1) is 0 Å². The second-order valence-corrected chi connectivity index (χ2v) is 4.61. The monoisotopic (exact) mass is 225 g/mol. The fraction of sp³-hybridized carbons (Fsp3) is 0.500. The Balaban J connectivity index is 2.07. The third kappa shape index (κ3) is 5.57. The van der Waals surface area contributed by atoms with Crippen molar-refractivity contribution >= 4 is 17.4 Å². The van der Waals surface area contributed by atoms with E-state index in [1.165, 1.54) is 17.9 Å². The van der Waals surface area contributed by atoms with E-state index in [-0.39, 0.29) is 0 Å². The molecule has 15 heavy (non-hydrogen) atoms. The minimum absolute atomic E-state index is 0.779. The van der Waals surface area contributed by atoms with Crippen molar-refractivity contribution in [3.8, 4) is 5.75 Å². The van der Waals surface area contributed by atoms with Crippen molar-refractivity contribution in [1.29, 1.82) is 0 Å². The van der Waals surface area contributed by atoms with Gasteiger partial charge < -0.3 is 10.5 Å². The zero-order valence-corrected chi connectivity index (χ0v) is 10.1. The molecule has 3 heteroatoms. The molecule has 0 heterocycles. The maximum absolute atomic E-state index is 5.58. The van der Waals surface area contributed by atoms with Gasteiger partial charge in [0, 0.05) is 5.69 Å². The van der Waals surface area contributed by atoms with Gasteiger partial charge in [-0.05, 0) is 48.6 Å². The number of benzene rings is 1. The molecule has 0 radical (unpaired) electrons. The molecule has 0 spiro atoms. The predicted molar refractivity (Wildman–Crippen MR) is 68.6 cm³/mol. The second-order valence-electron chi connectivity index (χ2n) is 3.38. The van der Waals surface area contributed by atoms with Crippen LogP contribution in [0.15, 0.2) is 24.3 Å². The summed E-state index contributed by atoms with van der Waals surface area (Å²) < 4.78 is 5.57. The molecule has 84 valence electrons. The molecule has 0 aliphatic rings. The standard InChI is InChI=1S/C12H19NOS/c1-2-9-15-10-3-8-14-12-6-4-11(13)5-7-12/h4-7H,2-3,8-10,13H2,1H3. The van der Waals surface area contributed by atoms with Gasteiger partial charge in [-0.1, -0.05) is 6.92 Å². The van der Waals surface area contributed by atoms with E-state index in [1.807, 2.05) is 36.0 Å². The average molecular weight is 225 g/mol. The summed E-state index contributed by atoms with van der Waals surface area (Å²) in [5, 5.41) is 0. The van der Waals surface area contributed by atoms with Crippen LogP contribution in [0.3, 0.4) is 0 Å². The van der Waals surface area contributed by atoms with Crippen molar-refractivity contribution < 1.29 is 4.74 Å². The summed E-state index contributed by atoms with van der Waals surface area (Å²) in [6.45, 7) is 3.00. The van der Waals surface area contributed by atoms with E-state index >= 15 is 0 Å². The van der Waals surface area contributed by atoms with Gasteiger partial charge in [0.1, 0.15) is 5.75 Å². The molecular formula is C12H19NOS. The van der Waals surface area contributed by atoms with Crippen molar-refractivity contribution in [2.24, 2.45) is 0 Å². The molecule has 0 aliphatic carbocycles. The molecule has 0 saturated heterocycles. The molecular weight excluding hydrogens is 206 g/mol. The Morgan fingerprint density at radius 3 is 2.60 bits per heavy atom. The number of nitrogen functional groups attached to an aromatic ring is 1. The first kappa shape index (κ1) is 12.2. The quantitative estimate of drug-likeness (QED) is 0.572. The van der Waals surface area contributed by atoms with Crippen LogP contribution in [0, 0.1) is 0 Å². The van der Waals surface area contributed by atoms with Crippen LogP contribution < -0.4 is 10.5 Å². The molecule has 1 aromatic carbocycles. The van der Waals surface area contributed by atoms with Gasteiger partial charge in [0.2, 0.25) is 0 Å². The number of hydrogen-bond acceptors (Lipinski definition) is 3. The molecule has 2 nitrogen and oxygen atoms in total. The van der Waals surface area contributed by atoms with Crippen molar-refractivity contribution in [2.75, 3.05) is 23.8 Å². The highest BCUT2D eigenvalue weighted by Gasteiger charge is 1.93. The van der Waals surface area contributed by atoms with Gasteiger partial charge in [-0.25, -0.2) is 0 Å². The Bertz CT molecular complexity index is 261. The minimum Gasteiger partial charge on any atom is -0.494 e. The summed E-state index contributed by atoms with van der Waals surface area (Å²) in [5.41, 5.74) is 6.36. The van der Waals surface area contributed by atoms with E-state index in [4.69, 9.17) is 10.5 Å². The third-order valence-corrected chi connectivity index (χ3v) is 3.20. The Labute approximate surface area is 96.2 Å². The van der Waals surface area contributed by atoms with Crippen LogP contribution in [0.5, 0.6) is 5.75 Å². The molecule has 1 aromatic rings. The first-order valence-electron chi connectivity index (χ1n) is 5.39. The fourth-order valence-electron chi connectivity index (χ4n) is 1.16. The number of rotatable bonds is 7. The zero-order valence-electron chi connectivity index (χ0n) is 9.24. The topological polar surface area (TPSA) is 35.2 Å². The molecule has 2 N–H and O–H groups in total. The van der Waals surface area contributed by atoms with Gasteiger partial charge in [-0.2, -0.15) is 11.8 Å². The number of thioether (sulfide) groups is 1. The first-order valence-corrected chi connectivity index (χ1v) is 6.54. The summed E-state index contributed by atoms with van der Waals surface area (Å²) in [4.78, 5) is 0. The summed E-state index contributed by atoms with van der Waals surface area (Å²) >= 11 is 1.99. The van der Waals surface area contributed by atoms with Gasteiger partial charge in [0.25, 0.3) is 0 Å². The van der Waals surface area contributed by atoms with E-state index in [0.717, 1.165) is 24.5 Å². The van der Waals surface area contributed by atoms with Crippen LogP contribution in [-0.2, 0) is 0 Å². The molecule has 0 aromatic heterocycles. The van der Waals surface area contributed by atoms with Gasteiger partial charge in [-0.3, -0.25) is 0 Å². The van der Waals surface area contributed by atoms with Crippen LogP contribution in [-0.4, -0.2) is 18.1 Å². The van der Waals surface area contributed by atoms with Crippen molar-refractivity contribution in [3.63, 3.8) is 0 Å². The minimum atomic E-state index is 0.779. The lowest BCUT2D eigenvalue weighted by Gasteiger charge is -2.05. The number of ether oxygens (including phenoxy) is 1. The summed E-state index contributed by atoms with van der Waals surface area (Å²) in [6.07, 6.45) is 2.36. The lowest BCUT2D eigenvalue weighted by Crippen LogP contribution is -1.99. The van der Waals surface area contributed by atoms with E-state index in [1.54, 1.807) is 0 Å². The molecule has 0 aliphatic heterocycles. The SMILES string of the molecule is CCCSCCCOc1ccc(N)cc1. The molecule has 0 unspecified atom stereocenters. The number of hydrogen-bond donors (Lipinski definition) is 1. The Hall–Kier alpha value is -0.830. The summed E-state index contributed by atoms with van der Waals surface area (Å²) in [5.74, 6) is 3.34. The summed E-state index contributed by atoms with van der Waals surface area (Å²) in [6, 6.07) is 7.55. The fourth-order valence-corrected chi connectivity index (χ4v) is 1.98. The molecule has 0 amide bonds. The maximum Gasteiger partial charge on any atom is 0.119 e. The van der Waals surface area contributed by atoms with E-state index in [2.05, 4.69) is 6.92 Å². The van der Waals surface area contributed by atoms with Crippen LogP contribution >= 0.6 is 11.8 Å². The van der Waals surface area contributed by atoms with Gasteiger partial charge >= 0.3 is 0 Å². The molecule has 0 atom stereocenters. The molecule has 0 fully saturated rings. The van der Waals surface area contributed by atoms with Crippen molar-refractivity contribution in [1.82, 2.24) is 0 Å². The number of nitrogens with two attached hydrogens (primary N) is 1. The highest BCUT2D eigenvalue weighted by Crippen LogP contribution is 2.13. The molecule has 0 bridgehead atoms. The van der Waals surface area contributed by atoms with Crippen molar-refractivity contribution in [2.45, 2.75) is 19.8 Å². The second kappa shape index (κ2) is 7.46. The van der Waals surface area contributed by atoms with Gasteiger partial charge in [0.05, 0.1) is 6.61 Å². The predicted octanol–water partition coefficient (Wildman–Crippen LogP) is 3.18. The highest BCUT2D eigenvalue weighted by molar-refractivity contribution is 7.99. The molecule has 1 rings (SSSR count). The molecule has 0 saturated carbocycles. The third-order valence-electron chi connectivity index (χ3n) is 1.93. The van der Waals surface area contributed by atoms with Gasteiger partial charge in [0.15, 0.2) is 0 Å². The lowest BCUT2D eigenvalue weighted by molar-refractivity contribution is 0.319. The van der Waals surface area contributed by atoms with E-state index < -0.39 is 0 Å². The van der Waals surface area contributed by atoms with Crippen LogP contribution in [0.4, 0.5) is 5.69 Å². The summed E-state index contributed by atoms with van der Waals surface area (Å²) in [7, 11) is 0. The van der Waals surface area contributed by atoms with Crippen LogP contribution in [0.2, 0.25) is 0 Å². The maximum atomic E-state index is 5.58. The highest BCUT2D eigenvalue weighted by atomic mass is 32.2. The smallest absolute Gasteiger partial charge is 0.119 e. The first-order chi connectivity index (χ1) is 7.33. The van der Waals surface area contributed by atoms with Crippen LogP contribution in [0.25, 0.3) is 0 Å². The average Bonchev–Trinajstić information content (AvgIpc) is 2.26. The normalized spacial score (nSPS) is 10.2. The van der Waals surface area contributed by atoms with E-state index in [9.17, 15) is 0 Å². The zero-order chi connectivity index (χ0) is 10.9. The van der Waals surface area contributed by atoms with Crippen LogP contribution in [0.1, 0.15) is 19.8 Å². The largest absolute Gasteiger partial charge is 0.494 e. The van der Waals surface area contributed by atoms with Crippen molar-refractivity contribution in [3.05, 3.63) is 24.3 Å². The number of anilines is 1. The Morgan fingerprint density at radius 2 is 1.93 bits per heavy atom. The lowest BCUT2D eigenvalue weighted by atomic mass is 10.3. The Kier molecular flexibility index (Phi) is 6.09. The van der Waals surface area contributed by atoms with E-state index in [0.29, 0.717) is 0 Å².